The third-order valence-electron chi connectivity index (χ3n) is 2.72. The normalized spacial score (nSPS) is 15.0. The number of hydrogen-bond acceptors (Lipinski definition) is 2. The zero-order chi connectivity index (χ0) is 10.1. The van der Waals surface area contributed by atoms with E-state index in [0.717, 1.165) is 19.4 Å². The summed E-state index contributed by atoms with van der Waals surface area (Å²) in [7, 11) is 2.11. The van der Waals surface area contributed by atoms with Crippen LogP contribution in [0.3, 0.4) is 0 Å². The lowest BCUT2D eigenvalue weighted by Gasteiger charge is -2.11. The van der Waals surface area contributed by atoms with E-state index in [1.54, 1.807) is 0 Å². The summed E-state index contributed by atoms with van der Waals surface area (Å²) in [5.41, 5.74) is 2.81. The maximum absolute atomic E-state index is 4.52. The van der Waals surface area contributed by atoms with Gasteiger partial charge in [-0.1, -0.05) is 19.9 Å². The molecule has 2 rings (SSSR count). The van der Waals surface area contributed by atoms with Crippen LogP contribution in [0.4, 0.5) is 5.82 Å². The molecule has 0 aromatic carbocycles. The standard InChI is InChI=1S/C12H18N2/c1-9(2)6-10-7-11-4-5-14(3)12(11)13-8-10/h7-9H,4-6H2,1-3H3. The number of pyridine rings is 1. The minimum atomic E-state index is 0.717. The van der Waals surface area contributed by atoms with E-state index in [1.165, 1.54) is 16.9 Å². The predicted molar refractivity (Wildman–Crippen MR) is 59.8 cm³/mol. The molecule has 0 saturated heterocycles. The maximum atomic E-state index is 4.52. The van der Waals surface area contributed by atoms with Crippen molar-refractivity contribution in [1.82, 2.24) is 4.98 Å². The Balaban J connectivity index is 2.24. The first-order chi connectivity index (χ1) is 6.66. The maximum Gasteiger partial charge on any atom is 0.131 e. The third kappa shape index (κ3) is 1.74. The quantitative estimate of drug-likeness (QED) is 0.711. The van der Waals surface area contributed by atoms with Crippen LogP contribution in [0.15, 0.2) is 12.3 Å². The van der Waals surface area contributed by atoms with Gasteiger partial charge in [-0.25, -0.2) is 4.98 Å². The molecule has 1 aliphatic rings. The number of nitrogens with zero attached hydrogens (tertiary/aromatic N) is 2. The van der Waals surface area contributed by atoms with Crippen LogP contribution in [0.1, 0.15) is 25.0 Å². The number of hydrogen-bond donors (Lipinski definition) is 0. The number of rotatable bonds is 2. The summed E-state index contributed by atoms with van der Waals surface area (Å²) in [4.78, 5) is 6.75. The Hall–Kier alpha value is -1.05. The van der Waals surface area contributed by atoms with Gasteiger partial charge in [0.2, 0.25) is 0 Å². The van der Waals surface area contributed by atoms with Crippen molar-refractivity contribution in [1.29, 1.82) is 0 Å². The van der Waals surface area contributed by atoms with Crippen molar-refractivity contribution >= 4 is 5.82 Å². The van der Waals surface area contributed by atoms with Crippen molar-refractivity contribution in [2.24, 2.45) is 5.92 Å². The Morgan fingerprint density at radius 3 is 3.00 bits per heavy atom. The lowest BCUT2D eigenvalue weighted by molar-refractivity contribution is 0.645. The SMILES string of the molecule is CC(C)Cc1cnc2c(c1)CCN2C. The van der Waals surface area contributed by atoms with Crippen LogP contribution < -0.4 is 4.90 Å². The molecule has 0 amide bonds. The Bertz CT molecular complexity index is 331. The van der Waals surface area contributed by atoms with E-state index >= 15 is 0 Å². The van der Waals surface area contributed by atoms with Gasteiger partial charge in [0.25, 0.3) is 0 Å². The van der Waals surface area contributed by atoms with Crippen molar-refractivity contribution < 1.29 is 0 Å². The molecule has 14 heavy (non-hydrogen) atoms. The molecule has 2 heterocycles. The molecule has 0 N–H and O–H groups in total. The summed E-state index contributed by atoms with van der Waals surface area (Å²) >= 11 is 0. The van der Waals surface area contributed by atoms with Gasteiger partial charge in [0.1, 0.15) is 5.82 Å². The van der Waals surface area contributed by atoms with Gasteiger partial charge < -0.3 is 4.90 Å². The molecule has 0 unspecified atom stereocenters. The average Bonchev–Trinajstić information content (AvgIpc) is 2.46. The summed E-state index contributed by atoms with van der Waals surface area (Å²) in [5, 5.41) is 0. The van der Waals surface area contributed by atoms with Crippen molar-refractivity contribution in [3.05, 3.63) is 23.4 Å². The average molecular weight is 190 g/mol. The molecule has 76 valence electrons. The second-order valence-corrected chi connectivity index (χ2v) is 4.60. The summed E-state index contributed by atoms with van der Waals surface area (Å²) in [6, 6.07) is 2.33. The molecular weight excluding hydrogens is 172 g/mol. The van der Waals surface area contributed by atoms with Gasteiger partial charge in [0, 0.05) is 19.8 Å². The van der Waals surface area contributed by atoms with Crippen LogP contribution in [-0.2, 0) is 12.8 Å². The van der Waals surface area contributed by atoms with Crippen LogP contribution in [0, 0.1) is 5.92 Å². The molecule has 0 saturated carbocycles. The van der Waals surface area contributed by atoms with E-state index in [9.17, 15) is 0 Å². The molecular formula is C12H18N2. The molecule has 0 atom stereocenters. The first-order valence-electron chi connectivity index (χ1n) is 5.35. The molecule has 0 aliphatic carbocycles. The van der Waals surface area contributed by atoms with Crippen LogP contribution in [0.25, 0.3) is 0 Å². The van der Waals surface area contributed by atoms with Crippen LogP contribution >= 0.6 is 0 Å². The number of aromatic nitrogens is 1. The highest BCUT2D eigenvalue weighted by Gasteiger charge is 2.17. The fourth-order valence-corrected chi connectivity index (χ4v) is 2.06. The molecule has 0 bridgehead atoms. The Morgan fingerprint density at radius 1 is 1.50 bits per heavy atom. The Labute approximate surface area is 86.0 Å². The summed E-state index contributed by atoms with van der Waals surface area (Å²) in [6.45, 7) is 5.62. The first kappa shape index (κ1) is 9.50. The number of likely N-dealkylation sites (N-methyl/N-ethyl adjacent to an activating group) is 1. The molecule has 0 fully saturated rings. The zero-order valence-electron chi connectivity index (χ0n) is 9.25. The number of anilines is 1. The monoisotopic (exact) mass is 190 g/mol. The second kappa shape index (κ2) is 3.60. The molecule has 2 heteroatoms. The second-order valence-electron chi connectivity index (χ2n) is 4.60. The summed E-state index contributed by atoms with van der Waals surface area (Å²) in [5.74, 6) is 1.89. The Morgan fingerprint density at radius 2 is 2.29 bits per heavy atom. The molecule has 1 aliphatic heterocycles. The van der Waals surface area contributed by atoms with E-state index in [4.69, 9.17) is 0 Å². The molecule has 0 radical (unpaired) electrons. The van der Waals surface area contributed by atoms with Crippen LogP contribution in [-0.4, -0.2) is 18.6 Å². The van der Waals surface area contributed by atoms with Crippen LogP contribution in [0.5, 0.6) is 0 Å². The lowest BCUT2D eigenvalue weighted by atomic mass is 10.0. The summed E-state index contributed by atoms with van der Waals surface area (Å²) < 4.78 is 0. The van der Waals surface area contributed by atoms with E-state index in [0.29, 0.717) is 5.92 Å². The largest absolute Gasteiger partial charge is 0.359 e. The summed E-state index contributed by atoms with van der Waals surface area (Å²) in [6.07, 6.45) is 4.33. The Kier molecular flexibility index (Phi) is 2.44. The smallest absolute Gasteiger partial charge is 0.131 e. The lowest BCUT2D eigenvalue weighted by Crippen LogP contribution is -2.13. The highest BCUT2D eigenvalue weighted by atomic mass is 15.2. The minimum absolute atomic E-state index is 0.717. The van der Waals surface area contributed by atoms with Crippen molar-refractivity contribution in [2.75, 3.05) is 18.5 Å². The highest BCUT2D eigenvalue weighted by molar-refractivity contribution is 5.52. The molecule has 0 spiro atoms. The molecule has 1 aromatic heterocycles. The fourth-order valence-electron chi connectivity index (χ4n) is 2.06. The van der Waals surface area contributed by atoms with E-state index in [1.807, 2.05) is 6.20 Å². The van der Waals surface area contributed by atoms with Gasteiger partial charge in [-0.2, -0.15) is 0 Å². The van der Waals surface area contributed by atoms with Gasteiger partial charge in [0.15, 0.2) is 0 Å². The molecule has 2 nitrogen and oxygen atoms in total. The first-order valence-corrected chi connectivity index (χ1v) is 5.35. The predicted octanol–water partition coefficient (Wildman–Crippen LogP) is 2.27. The van der Waals surface area contributed by atoms with Gasteiger partial charge >= 0.3 is 0 Å². The van der Waals surface area contributed by atoms with Gasteiger partial charge in [-0.05, 0) is 29.9 Å². The van der Waals surface area contributed by atoms with E-state index < -0.39 is 0 Å². The third-order valence-corrected chi connectivity index (χ3v) is 2.72. The van der Waals surface area contributed by atoms with Crippen molar-refractivity contribution in [3.8, 4) is 0 Å². The zero-order valence-corrected chi connectivity index (χ0v) is 9.25. The molecule has 1 aromatic rings. The van der Waals surface area contributed by atoms with E-state index in [-0.39, 0.29) is 0 Å². The fraction of sp³-hybridized carbons (Fsp3) is 0.583. The van der Waals surface area contributed by atoms with Crippen molar-refractivity contribution in [2.45, 2.75) is 26.7 Å². The number of fused-ring (bicyclic) bond motifs is 1. The van der Waals surface area contributed by atoms with Gasteiger partial charge in [-0.3, -0.25) is 0 Å². The van der Waals surface area contributed by atoms with Crippen LogP contribution in [0.2, 0.25) is 0 Å². The topological polar surface area (TPSA) is 16.1 Å². The van der Waals surface area contributed by atoms with Gasteiger partial charge in [0.05, 0.1) is 0 Å². The van der Waals surface area contributed by atoms with E-state index in [2.05, 4.69) is 36.8 Å². The highest BCUT2D eigenvalue weighted by Crippen LogP contribution is 2.25. The van der Waals surface area contributed by atoms with Crippen molar-refractivity contribution in [3.63, 3.8) is 0 Å². The minimum Gasteiger partial charge on any atom is -0.359 e. The van der Waals surface area contributed by atoms with Gasteiger partial charge in [-0.15, -0.1) is 0 Å².